The van der Waals surface area contributed by atoms with Gasteiger partial charge in [0.05, 0.1) is 4.88 Å². The van der Waals surface area contributed by atoms with Gasteiger partial charge in [-0.3, -0.25) is 4.79 Å². The van der Waals surface area contributed by atoms with Crippen LogP contribution in [-0.4, -0.2) is 19.0 Å². The molecule has 4 heteroatoms. The van der Waals surface area contributed by atoms with Gasteiger partial charge in [0, 0.05) is 10.4 Å². The van der Waals surface area contributed by atoms with Gasteiger partial charge in [-0.05, 0) is 43.7 Å². The van der Waals surface area contributed by atoms with Crippen LogP contribution in [0.4, 0.5) is 0 Å². The molecular weight excluding hydrogens is 260 g/mol. The number of carbonyl (C=O) groups excluding carboxylic acids is 1. The van der Waals surface area contributed by atoms with E-state index in [0.29, 0.717) is 30.3 Å². The molecule has 0 aliphatic carbocycles. The molecule has 2 heterocycles. The van der Waals surface area contributed by atoms with Crippen molar-refractivity contribution >= 4 is 17.1 Å². The van der Waals surface area contributed by atoms with Crippen LogP contribution in [0.15, 0.2) is 24.3 Å². The van der Waals surface area contributed by atoms with Crippen LogP contribution in [-0.2, 0) is 0 Å². The van der Waals surface area contributed by atoms with Crippen molar-refractivity contribution in [2.45, 2.75) is 13.8 Å². The second-order valence-corrected chi connectivity index (χ2v) is 5.79. The van der Waals surface area contributed by atoms with E-state index in [2.05, 4.69) is 0 Å². The monoisotopic (exact) mass is 274 g/mol. The van der Waals surface area contributed by atoms with E-state index in [9.17, 15) is 4.79 Å². The number of aryl methyl sites for hydroxylation is 2. The molecule has 0 saturated heterocycles. The van der Waals surface area contributed by atoms with Crippen LogP contribution in [0.5, 0.6) is 11.5 Å². The number of rotatable bonds is 2. The van der Waals surface area contributed by atoms with Gasteiger partial charge in [-0.15, -0.1) is 11.3 Å². The molecule has 0 bridgehead atoms. The van der Waals surface area contributed by atoms with Gasteiger partial charge < -0.3 is 9.47 Å². The zero-order chi connectivity index (χ0) is 13.4. The first-order valence-electron chi connectivity index (χ1n) is 6.16. The maximum absolute atomic E-state index is 12.4. The second kappa shape index (κ2) is 4.70. The lowest BCUT2D eigenvalue weighted by Gasteiger charge is -2.18. The molecule has 0 unspecified atom stereocenters. The molecule has 3 nitrogen and oxygen atoms in total. The number of carbonyl (C=O) groups is 1. The Morgan fingerprint density at radius 3 is 2.53 bits per heavy atom. The molecule has 0 atom stereocenters. The summed E-state index contributed by atoms with van der Waals surface area (Å²) in [5.74, 6) is 1.40. The minimum Gasteiger partial charge on any atom is -0.486 e. The predicted molar refractivity (Wildman–Crippen MR) is 74.7 cm³/mol. The molecule has 1 aliphatic rings. The predicted octanol–water partition coefficient (Wildman–Crippen LogP) is 3.37. The largest absolute Gasteiger partial charge is 0.486 e. The van der Waals surface area contributed by atoms with E-state index in [1.165, 1.54) is 16.2 Å². The highest BCUT2D eigenvalue weighted by molar-refractivity contribution is 7.14. The van der Waals surface area contributed by atoms with Crippen molar-refractivity contribution in [1.82, 2.24) is 0 Å². The van der Waals surface area contributed by atoms with Gasteiger partial charge in [0.1, 0.15) is 13.2 Å². The quantitative estimate of drug-likeness (QED) is 0.788. The van der Waals surface area contributed by atoms with Gasteiger partial charge in [0.25, 0.3) is 0 Å². The third-order valence-corrected chi connectivity index (χ3v) is 4.35. The first-order valence-corrected chi connectivity index (χ1v) is 6.98. The van der Waals surface area contributed by atoms with E-state index < -0.39 is 0 Å². The fourth-order valence-corrected chi connectivity index (χ4v) is 3.01. The van der Waals surface area contributed by atoms with Gasteiger partial charge in [-0.2, -0.15) is 0 Å². The van der Waals surface area contributed by atoms with Crippen molar-refractivity contribution in [2.24, 2.45) is 0 Å². The van der Waals surface area contributed by atoms with Crippen LogP contribution in [0.25, 0.3) is 0 Å². The Bertz CT molecular complexity index is 623. The molecular formula is C15H14O3S. The topological polar surface area (TPSA) is 35.5 Å². The number of ether oxygens (including phenoxy) is 2. The van der Waals surface area contributed by atoms with Gasteiger partial charge in [0.2, 0.25) is 5.78 Å². The number of hydrogen-bond donors (Lipinski definition) is 0. The molecule has 19 heavy (non-hydrogen) atoms. The van der Waals surface area contributed by atoms with Crippen molar-refractivity contribution in [3.8, 4) is 11.5 Å². The molecule has 0 amide bonds. The van der Waals surface area contributed by atoms with E-state index in [-0.39, 0.29) is 5.78 Å². The lowest BCUT2D eigenvalue weighted by molar-refractivity contribution is 0.104. The minimum atomic E-state index is 0.0400. The zero-order valence-electron chi connectivity index (χ0n) is 10.9. The Morgan fingerprint density at radius 2 is 1.84 bits per heavy atom. The molecule has 0 spiro atoms. The Labute approximate surface area is 115 Å². The molecule has 1 aliphatic heterocycles. The molecule has 0 radical (unpaired) electrons. The van der Waals surface area contributed by atoms with Gasteiger partial charge in [-0.1, -0.05) is 0 Å². The van der Waals surface area contributed by atoms with E-state index in [0.717, 1.165) is 10.4 Å². The van der Waals surface area contributed by atoms with Gasteiger partial charge in [0.15, 0.2) is 11.5 Å². The number of ketones is 1. The first-order chi connectivity index (χ1) is 9.15. The summed E-state index contributed by atoms with van der Waals surface area (Å²) in [6.45, 7) is 5.14. The lowest BCUT2D eigenvalue weighted by Crippen LogP contribution is -2.15. The summed E-state index contributed by atoms with van der Waals surface area (Å²) >= 11 is 1.53. The Morgan fingerprint density at radius 1 is 1.11 bits per heavy atom. The highest BCUT2D eigenvalue weighted by Gasteiger charge is 2.17. The van der Waals surface area contributed by atoms with E-state index in [1.807, 2.05) is 19.9 Å². The third kappa shape index (κ3) is 2.24. The standard InChI is InChI=1S/C15H14O3S/c1-9-7-14(19-10(9)2)15(16)11-3-4-12-13(8-11)18-6-5-17-12/h3-4,7-8H,5-6H2,1-2H3. The minimum absolute atomic E-state index is 0.0400. The van der Waals surface area contributed by atoms with Crippen LogP contribution in [0.2, 0.25) is 0 Å². The lowest BCUT2D eigenvalue weighted by atomic mass is 10.1. The fourth-order valence-electron chi connectivity index (χ4n) is 2.01. The molecule has 1 aromatic heterocycles. The summed E-state index contributed by atoms with van der Waals surface area (Å²) in [6.07, 6.45) is 0. The highest BCUT2D eigenvalue weighted by Crippen LogP contribution is 2.32. The van der Waals surface area contributed by atoms with Gasteiger partial charge in [-0.25, -0.2) is 0 Å². The smallest absolute Gasteiger partial charge is 0.203 e. The van der Waals surface area contributed by atoms with Crippen molar-refractivity contribution in [3.05, 3.63) is 45.1 Å². The average Bonchev–Trinajstić information content (AvgIpc) is 2.77. The summed E-state index contributed by atoms with van der Waals surface area (Å²) < 4.78 is 11.0. The summed E-state index contributed by atoms with van der Waals surface area (Å²) in [5.41, 5.74) is 1.80. The Kier molecular flexibility index (Phi) is 3.03. The number of fused-ring (bicyclic) bond motifs is 1. The zero-order valence-corrected chi connectivity index (χ0v) is 11.7. The number of thiophene rings is 1. The molecule has 2 aromatic rings. The van der Waals surface area contributed by atoms with Crippen LogP contribution < -0.4 is 9.47 Å². The average molecular weight is 274 g/mol. The van der Waals surface area contributed by atoms with E-state index in [4.69, 9.17) is 9.47 Å². The molecule has 3 rings (SSSR count). The highest BCUT2D eigenvalue weighted by atomic mass is 32.1. The molecule has 1 aromatic carbocycles. The van der Waals surface area contributed by atoms with Crippen molar-refractivity contribution < 1.29 is 14.3 Å². The van der Waals surface area contributed by atoms with Crippen molar-refractivity contribution in [1.29, 1.82) is 0 Å². The van der Waals surface area contributed by atoms with Crippen LogP contribution >= 0.6 is 11.3 Å². The Balaban J connectivity index is 1.95. The normalized spacial score (nSPS) is 13.4. The van der Waals surface area contributed by atoms with Crippen molar-refractivity contribution in [2.75, 3.05) is 13.2 Å². The maximum atomic E-state index is 12.4. The van der Waals surface area contributed by atoms with Crippen LogP contribution in [0.3, 0.4) is 0 Å². The molecule has 0 fully saturated rings. The Hall–Kier alpha value is -1.81. The fraction of sp³-hybridized carbons (Fsp3) is 0.267. The van der Waals surface area contributed by atoms with E-state index in [1.54, 1.807) is 18.2 Å². The molecule has 0 N–H and O–H groups in total. The summed E-state index contributed by atoms with van der Waals surface area (Å²) in [5, 5.41) is 0. The maximum Gasteiger partial charge on any atom is 0.203 e. The summed E-state index contributed by atoms with van der Waals surface area (Å²) in [7, 11) is 0. The summed E-state index contributed by atoms with van der Waals surface area (Å²) in [4.78, 5) is 14.4. The molecule has 98 valence electrons. The second-order valence-electron chi connectivity index (χ2n) is 4.54. The van der Waals surface area contributed by atoms with Gasteiger partial charge >= 0.3 is 0 Å². The van der Waals surface area contributed by atoms with Crippen LogP contribution in [0, 0.1) is 13.8 Å². The number of hydrogen-bond acceptors (Lipinski definition) is 4. The number of benzene rings is 1. The van der Waals surface area contributed by atoms with E-state index >= 15 is 0 Å². The third-order valence-electron chi connectivity index (χ3n) is 3.19. The van der Waals surface area contributed by atoms with Crippen molar-refractivity contribution in [3.63, 3.8) is 0 Å². The summed E-state index contributed by atoms with van der Waals surface area (Å²) in [6, 6.07) is 7.30. The van der Waals surface area contributed by atoms with Crippen LogP contribution in [0.1, 0.15) is 25.7 Å². The first kappa shape index (κ1) is 12.2. The molecule has 0 saturated carbocycles. The SMILES string of the molecule is Cc1cc(C(=O)c2ccc3c(c2)OCCO3)sc1C.